The molecule has 9 nitrogen and oxygen atoms in total. The van der Waals surface area contributed by atoms with E-state index in [1.165, 1.54) is 17.0 Å². The Morgan fingerprint density at radius 2 is 1.67 bits per heavy atom. The zero-order valence-electron chi connectivity index (χ0n) is 20.2. The summed E-state index contributed by atoms with van der Waals surface area (Å²) in [7, 11) is -3.91. The zero-order valence-corrected chi connectivity index (χ0v) is 21.0. The second-order valence-corrected chi connectivity index (χ2v) is 11.2. The molecular weight excluding hydrogens is 446 g/mol. The van der Waals surface area contributed by atoms with Crippen molar-refractivity contribution in [2.45, 2.75) is 71.2 Å². The van der Waals surface area contributed by atoms with Crippen molar-refractivity contribution < 1.29 is 27.2 Å². The third kappa shape index (κ3) is 7.90. The van der Waals surface area contributed by atoms with Crippen LogP contribution >= 0.6 is 0 Å². The molecule has 0 spiro atoms. The van der Waals surface area contributed by atoms with E-state index >= 15 is 0 Å². The minimum Gasteiger partial charge on any atom is -0.444 e. The number of nitrogens with one attached hydrogen (secondary N) is 2. The van der Waals surface area contributed by atoms with Crippen molar-refractivity contribution in [1.29, 1.82) is 0 Å². The molecule has 2 N–H and O–H groups in total. The van der Waals surface area contributed by atoms with Gasteiger partial charge in [0.05, 0.1) is 6.54 Å². The summed E-state index contributed by atoms with van der Waals surface area (Å²) in [5.74, 6) is -0.765. The SMILES string of the molecule is CCN(Cc1ccccc1NC(=O)c1ccc(S(=O)(=O)NC(C)(C)C)o1)C(=O)OC(C)(C)C. The largest absolute Gasteiger partial charge is 0.444 e. The maximum atomic E-state index is 12.7. The third-order valence-corrected chi connectivity index (χ3v) is 5.80. The van der Waals surface area contributed by atoms with Gasteiger partial charge in [0.25, 0.3) is 15.9 Å². The third-order valence-electron chi connectivity index (χ3n) is 4.17. The van der Waals surface area contributed by atoms with E-state index in [1.807, 2.05) is 6.92 Å². The fourth-order valence-electron chi connectivity index (χ4n) is 2.84. The number of rotatable bonds is 7. The molecule has 0 aliphatic rings. The maximum Gasteiger partial charge on any atom is 0.410 e. The smallest absolute Gasteiger partial charge is 0.410 e. The fraction of sp³-hybridized carbons (Fsp3) is 0.478. The van der Waals surface area contributed by atoms with Crippen LogP contribution in [0.25, 0.3) is 0 Å². The summed E-state index contributed by atoms with van der Waals surface area (Å²) in [6, 6.07) is 9.55. The van der Waals surface area contributed by atoms with Gasteiger partial charge in [0.1, 0.15) is 5.60 Å². The van der Waals surface area contributed by atoms with E-state index in [0.717, 1.165) is 0 Å². The van der Waals surface area contributed by atoms with Crippen LogP contribution in [0.5, 0.6) is 0 Å². The average Bonchev–Trinajstić information content (AvgIpc) is 3.15. The lowest BCUT2D eigenvalue weighted by Gasteiger charge is -2.27. The summed E-state index contributed by atoms with van der Waals surface area (Å²) in [4.78, 5) is 26.7. The van der Waals surface area contributed by atoms with Gasteiger partial charge in [-0.1, -0.05) is 18.2 Å². The first-order valence-electron chi connectivity index (χ1n) is 10.6. The molecule has 0 saturated heterocycles. The van der Waals surface area contributed by atoms with Gasteiger partial charge < -0.3 is 19.4 Å². The molecule has 2 amide bonds. The molecule has 1 aromatic heterocycles. The normalized spacial score (nSPS) is 12.3. The van der Waals surface area contributed by atoms with Crippen molar-refractivity contribution in [1.82, 2.24) is 9.62 Å². The molecule has 182 valence electrons. The highest BCUT2D eigenvalue weighted by molar-refractivity contribution is 7.89. The summed E-state index contributed by atoms with van der Waals surface area (Å²) in [6.07, 6.45) is -0.460. The second-order valence-electron chi connectivity index (χ2n) is 9.58. The molecule has 1 aromatic carbocycles. The van der Waals surface area contributed by atoms with Crippen molar-refractivity contribution in [3.63, 3.8) is 0 Å². The molecule has 0 aliphatic carbocycles. The number of nitrogens with zero attached hydrogens (tertiary/aromatic N) is 1. The van der Waals surface area contributed by atoms with Gasteiger partial charge in [-0.3, -0.25) is 4.79 Å². The molecule has 10 heteroatoms. The summed E-state index contributed by atoms with van der Waals surface area (Å²) < 4.78 is 38.1. The molecule has 0 unspecified atom stereocenters. The Morgan fingerprint density at radius 3 is 2.24 bits per heavy atom. The Labute approximate surface area is 195 Å². The number of sulfonamides is 1. The lowest BCUT2D eigenvalue weighted by molar-refractivity contribution is 0.0245. The van der Waals surface area contributed by atoms with Gasteiger partial charge in [0.15, 0.2) is 5.76 Å². The lowest BCUT2D eigenvalue weighted by atomic mass is 10.1. The summed E-state index contributed by atoms with van der Waals surface area (Å²) in [6.45, 7) is 13.0. The minimum absolute atomic E-state index is 0.154. The Balaban J connectivity index is 2.19. The molecular formula is C23H33N3O6S. The van der Waals surface area contributed by atoms with E-state index in [0.29, 0.717) is 17.8 Å². The van der Waals surface area contributed by atoms with E-state index in [2.05, 4.69) is 10.0 Å². The Morgan fingerprint density at radius 1 is 1.03 bits per heavy atom. The van der Waals surface area contributed by atoms with Crippen LogP contribution < -0.4 is 10.0 Å². The van der Waals surface area contributed by atoms with Gasteiger partial charge in [-0.25, -0.2) is 17.9 Å². The number of ether oxygens (including phenoxy) is 1. The number of para-hydroxylation sites is 1. The van der Waals surface area contributed by atoms with Crippen LogP contribution in [-0.2, 0) is 21.3 Å². The first-order chi connectivity index (χ1) is 15.1. The highest BCUT2D eigenvalue weighted by Gasteiger charge is 2.27. The number of furan rings is 1. The van der Waals surface area contributed by atoms with Crippen LogP contribution in [0.15, 0.2) is 45.9 Å². The number of anilines is 1. The van der Waals surface area contributed by atoms with Crippen molar-refractivity contribution in [3.8, 4) is 0 Å². The Hall–Kier alpha value is -2.85. The lowest BCUT2D eigenvalue weighted by Crippen LogP contribution is -2.40. The predicted molar refractivity (Wildman–Crippen MR) is 125 cm³/mol. The van der Waals surface area contributed by atoms with Gasteiger partial charge in [0, 0.05) is 17.8 Å². The minimum atomic E-state index is -3.91. The van der Waals surface area contributed by atoms with E-state index in [-0.39, 0.29) is 17.4 Å². The predicted octanol–water partition coefficient (Wildman–Crippen LogP) is 4.37. The molecule has 0 radical (unpaired) electrons. The topological polar surface area (TPSA) is 118 Å². The average molecular weight is 480 g/mol. The first-order valence-corrected chi connectivity index (χ1v) is 12.1. The number of hydrogen-bond donors (Lipinski definition) is 2. The highest BCUT2D eigenvalue weighted by atomic mass is 32.2. The number of carbonyl (C=O) groups is 2. The van der Waals surface area contributed by atoms with Gasteiger partial charge in [0.2, 0.25) is 5.09 Å². The van der Waals surface area contributed by atoms with Gasteiger partial charge in [-0.2, -0.15) is 0 Å². The molecule has 1 heterocycles. The van der Waals surface area contributed by atoms with E-state index in [1.54, 1.807) is 65.8 Å². The monoisotopic (exact) mass is 479 g/mol. The van der Waals surface area contributed by atoms with E-state index in [9.17, 15) is 18.0 Å². The van der Waals surface area contributed by atoms with Gasteiger partial charge in [-0.15, -0.1) is 0 Å². The molecule has 0 atom stereocenters. The van der Waals surface area contributed by atoms with Crippen LogP contribution in [0.2, 0.25) is 0 Å². The van der Waals surface area contributed by atoms with Crippen LogP contribution in [0.3, 0.4) is 0 Å². The van der Waals surface area contributed by atoms with Crippen LogP contribution in [0, 0.1) is 0 Å². The standard InChI is InChI=1S/C23H33N3O6S/c1-8-26(21(28)32-23(5,6)7)15-16-11-9-10-12-17(16)24-20(27)18-13-14-19(31-18)33(29,30)25-22(2,3)4/h9-14,25H,8,15H2,1-7H3,(H,24,27). The molecule has 0 saturated carbocycles. The highest BCUT2D eigenvalue weighted by Crippen LogP contribution is 2.22. The Kier molecular flexibility index (Phi) is 7.97. The second kappa shape index (κ2) is 9.96. The van der Waals surface area contributed by atoms with Crippen LogP contribution in [0.1, 0.15) is 64.6 Å². The number of amides is 2. The molecule has 0 fully saturated rings. The van der Waals surface area contributed by atoms with Crippen molar-refractivity contribution in [3.05, 3.63) is 47.7 Å². The zero-order chi connectivity index (χ0) is 25.0. The van der Waals surface area contributed by atoms with Gasteiger partial charge in [-0.05, 0) is 72.2 Å². The number of benzene rings is 1. The summed E-state index contributed by atoms with van der Waals surface area (Å²) >= 11 is 0. The van der Waals surface area contributed by atoms with E-state index < -0.39 is 33.2 Å². The molecule has 0 bridgehead atoms. The molecule has 0 aliphatic heterocycles. The summed E-state index contributed by atoms with van der Waals surface area (Å²) in [5.41, 5.74) is -0.172. The molecule has 2 rings (SSSR count). The summed E-state index contributed by atoms with van der Waals surface area (Å²) in [5, 5.41) is 2.38. The maximum absolute atomic E-state index is 12.7. The first kappa shape index (κ1) is 26.4. The Bertz CT molecular complexity index is 1090. The number of hydrogen-bond acceptors (Lipinski definition) is 6. The van der Waals surface area contributed by atoms with Crippen molar-refractivity contribution in [2.75, 3.05) is 11.9 Å². The molecule has 33 heavy (non-hydrogen) atoms. The molecule has 2 aromatic rings. The quantitative estimate of drug-likeness (QED) is 0.609. The fourth-order valence-corrected chi connectivity index (χ4v) is 4.20. The van der Waals surface area contributed by atoms with E-state index in [4.69, 9.17) is 9.15 Å². The van der Waals surface area contributed by atoms with Crippen LogP contribution in [0.4, 0.5) is 10.5 Å². The van der Waals surface area contributed by atoms with Crippen molar-refractivity contribution in [2.24, 2.45) is 0 Å². The van der Waals surface area contributed by atoms with Crippen molar-refractivity contribution >= 4 is 27.7 Å². The van der Waals surface area contributed by atoms with Crippen LogP contribution in [-0.4, -0.2) is 43.0 Å². The van der Waals surface area contributed by atoms with Gasteiger partial charge >= 0.3 is 6.09 Å². The number of carbonyl (C=O) groups excluding carboxylic acids is 2.